The Morgan fingerprint density at radius 1 is 0.500 bits per heavy atom. The van der Waals surface area contributed by atoms with E-state index in [0.29, 0.717) is 0 Å². The van der Waals surface area contributed by atoms with Crippen LogP contribution in [0.5, 0.6) is 0 Å². The van der Waals surface area contributed by atoms with Crippen LogP contribution in [0.3, 0.4) is 0 Å². The summed E-state index contributed by atoms with van der Waals surface area (Å²) in [5.74, 6) is -10.1. The van der Waals surface area contributed by atoms with Crippen LogP contribution in [-0.2, 0) is 0 Å². The van der Waals surface area contributed by atoms with Crippen molar-refractivity contribution in [1.29, 1.82) is 0 Å². The monoisotopic (exact) mass is 228 g/mol. The van der Waals surface area contributed by atoms with Gasteiger partial charge in [0.1, 0.15) is 0 Å². The van der Waals surface area contributed by atoms with Crippen molar-refractivity contribution in [3.63, 3.8) is 0 Å². The zero-order chi connectivity index (χ0) is 11.3. The van der Waals surface area contributed by atoms with Crippen molar-refractivity contribution >= 4 is 0 Å². The van der Waals surface area contributed by atoms with Gasteiger partial charge in [0.25, 0.3) is 0 Å². The average Bonchev–Trinajstić information content (AvgIpc) is 2.11. The Morgan fingerprint density at radius 2 is 0.643 bits per heavy atom. The molecule has 0 aromatic carbocycles. The highest BCUT2D eigenvalue weighted by Gasteiger charge is 2.72. The lowest BCUT2D eigenvalue weighted by molar-refractivity contribution is -0.273. The van der Waals surface area contributed by atoms with Crippen molar-refractivity contribution in [2.75, 3.05) is 0 Å². The Balaban J connectivity index is 3.07. The summed E-state index contributed by atoms with van der Waals surface area (Å²) in [6, 6.07) is 0. The molecule has 0 radical (unpaired) electrons. The highest BCUT2D eigenvalue weighted by molar-refractivity contribution is 5.08. The molecular formula is C6H4F8. The number of hydrogen-bond donors (Lipinski definition) is 0. The van der Waals surface area contributed by atoms with Crippen molar-refractivity contribution in [3.8, 4) is 0 Å². The Morgan fingerprint density at radius 3 is 0.786 bits per heavy atom. The van der Waals surface area contributed by atoms with Crippen LogP contribution in [0.25, 0.3) is 0 Å². The normalized spacial score (nSPS) is 46.3. The summed E-state index contributed by atoms with van der Waals surface area (Å²) in [4.78, 5) is 0. The van der Waals surface area contributed by atoms with E-state index in [1.54, 1.807) is 0 Å². The first kappa shape index (κ1) is 11.5. The molecule has 0 spiro atoms. The van der Waals surface area contributed by atoms with Crippen LogP contribution in [0.2, 0.25) is 0 Å². The summed E-state index contributed by atoms with van der Waals surface area (Å²) >= 11 is 0. The molecule has 0 amide bonds. The lowest BCUT2D eigenvalue weighted by Gasteiger charge is -2.38. The van der Waals surface area contributed by atoms with Crippen molar-refractivity contribution < 1.29 is 35.1 Å². The van der Waals surface area contributed by atoms with Crippen molar-refractivity contribution in [2.45, 2.75) is 36.5 Å². The van der Waals surface area contributed by atoms with E-state index in [0.717, 1.165) is 0 Å². The Labute approximate surface area is 72.9 Å². The first-order chi connectivity index (χ1) is 6.13. The molecule has 4 atom stereocenters. The minimum Gasteiger partial charge on any atom is -0.237 e. The second-order valence-corrected chi connectivity index (χ2v) is 2.96. The molecule has 14 heavy (non-hydrogen) atoms. The third kappa shape index (κ3) is 1.26. The molecule has 0 N–H and O–H groups in total. The predicted molar refractivity (Wildman–Crippen MR) is 29.5 cm³/mol. The van der Waals surface area contributed by atoms with E-state index in [-0.39, 0.29) is 0 Å². The van der Waals surface area contributed by atoms with Gasteiger partial charge in [-0.15, -0.1) is 0 Å². The van der Waals surface area contributed by atoms with Crippen molar-refractivity contribution in [3.05, 3.63) is 0 Å². The van der Waals surface area contributed by atoms with E-state index in [4.69, 9.17) is 0 Å². The largest absolute Gasteiger partial charge is 0.315 e. The fourth-order valence-corrected chi connectivity index (χ4v) is 1.08. The van der Waals surface area contributed by atoms with Gasteiger partial charge in [-0.2, -0.15) is 17.6 Å². The first-order valence-electron chi connectivity index (χ1n) is 3.45. The fraction of sp³-hybridized carbons (Fsp3) is 1.00. The van der Waals surface area contributed by atoms with Crippen LogP contribution in [0.1, 0.15) is 0 Å². The lowest BCUT2D eigenvalue weighted by atomic mass is 9.87. The predicted octanol–water partition coefficient (Wildman–Crippen LogP) is 2.62. The molecule has 0 aromatic heterocycles. The smallest absolute Gasteiger partial charge is 0.237 e. The Bertz CT molecular complexity index is 182. The summed E-state index contributed by atoms with van der Waals surface area (Å²) in [7, 11) is 0. The van der Waals surface area contributed by atoms with Gasteiger partial charge in [0.15, 0.2) is 0 Å². The van der Waals surface area contributed by atoms with Gasteiger partial charge in [0, 0.05) is 0 Å². The zero-order valence-electron chi connectivity index (χ0n) is 6.33. The van der Waals surface area contributed by atoms with E-state index in [1.165, 1.54) is 0 Å². The Hall–Kier alpha value is -0.560. The molecule has 0 saturated heterocycles. The molecule has 1 aliphatic carbocycles. The molecule has 1 rings (SSSR count). The van der Waals surface area contributed by atoms with Crippen LogP contribution in [0.4, 0.5) is 35.1 Å². The van der Waals surface area contributed by atoms with E-state index >= 15 is 0 Å². The van der Waals surface area contributed by atoms with E-state index < -0.39 is 36.5 Å². The second kappa shape index (κ2) is 2.96. The topological polar surface area (TPSA) is 0 Å². The van der Waals surface area contributed by atoms with Crippen LogP contribution in [0, 0.1) is 0 Å². The number of hydrogen-bond acceptors (Lipinski definition) is 0. The van der Waals surface area contributed by atoms with Gasteiger partial charge in [-0.1, -0.05) is 0 Å². The average molecular weight is 228 g/mol. The van der Waals surface area contributed by atoms with Crippen LogP contribution in [-0.4, -0.2) is 36.5 Å². The lowest BCUT2D eigenvalue weighted by Crippen LogP contribution is -2.65. The van der Waals surface area contributed by atoms with Gasteiger partial charge in [-0.25, -0.2) is 17.6 Å². The highest BCUT2D eigenvalue weighted by atomic mass is 19.3. The third-order valence-electron chi connectivity index (χ3n) is 1.98. The highest BCUT2D eigenvalue weighted by Crippen LogP contribution is 2.47. The number of alkyl halides is 8. The SMILES string of the molecule is F[C@@H]1[C@@H](F)C(F)(F)[C@@H](F)[C@H](F)C1(F)F. The quantitative estimate of drug-likeness (QED) is 0.559. The summed E-state index contributed by atoms with van der Waals surface area (Å²) in [5.41, 5.74) is 0. The van der Waals surface area contributed by atoms with Crippen LogP contribution >= 0.6 is 0 Å². The minimum absolute atomic E-state index is 4.04. The van der Waals surface area contributed by atoms with Crippen LogP contribution < -0.4 is 0 Å². The molecule has 0 heterocycles. The van der Waals surface area contributed by atoms with Crippen molar-refractivity contribution in [2.24, 2.45) is 0 Å². The summed E-state index contributed by atoms with van der Waals surface area (Å²) in [5, 5.41) is 0. The van der Waals surface area contributed by atoms with Crippen molar-refractivity contribution in [1.82, 2.24) is 0 Å². The molecule has 0 unspecified atom stereocenters. The second-order valence-electron chi connectivity index (χ2n) is 2.96. The third-order valence-corrected chi connectivity index (χ3v) is 1.98. The molecule has 0 aromatic rings. The van der Waals surface area contributed by atoms with E-state index in [9.17, 15) is 35.1 Å². The maximum atomic E-state index is 12.3. The van der Waals surface area contributed by atoms with Gasteiger partial charge in [-0.3, -0.25) is 0 Å². The number of rotatable bonds is 0. The molecule has 8 heteroatoms. The van der Waals surface area contributed by atoms with Gasteiger partial charge >= 0.3 is 11.8 Å². The van der Waals surface area contributed by atoms with Gasteiger partial charge in [0.2, 0.25) is 24.7 Å². The molecule has 0 aliphatic heterocycles. The summed E-state index contributed by atoms with van der Waals surface area (Å²) in [6.07, 6.45) is -16.2. The van der Waals surface area contributed by atoms with E-state index in [2.05, 4.69) is 0 Å². The fourth-order valence-electron chi connectivity index (χ4n) is 1.08. The molecule has 0 nitrogen and oxygen atoms in total. The molecule has 1 aliphatic rings. The Kier molecular flexibility index (Phi) is 2.44. The summed E-state index contributed by atoms with van der Waals surface area (Å²) in [6.45, 7) is 0. The zero-order valence-corrected chi connectivity index (χ0v) is 6.33. The first-order valence-corrected chi connectivity index (χ1v) is 3.45. The molecule has 0 bridgehead atoms. The van der Waals surface area contributed by atoms with Crippen LogP contribution in [0.15, 0.2) is 0 Å². The van der Waals surface area contributed by atoms with Gasteiger partial charge in [0.05, 0.1) is 0 Å². The maximum Gasteiger partial charge on any atom is 0.315 e. The summed E-state index contributed by atoms with van der Waals surface area (Å²) < 4.78 is 98.1. The molecule has 1 fully saturated rings. The molecule has 1 saturated carbocycles. The standard InChI is InChI=1S/C6H4F8/c7-1-2(8)6(13,14)4(10)3(9)5(1,11)12/h1-4H/t1-,2-,3+,4+. The van der Waals surface area contributed by atoms with Gasteiger partial charge < -0.3 is 0 Å². The minimum atomic E-state index is -5.07. The maximum absolute atomic E-state index is 12.3. The number of halogens is 8. The van der Waals surface area contributed by atoms with Gasteiger partial charge in [-0.05, 0) is 0 Å². The van der Waals surface area contributed by atoms with E-state index in [1.807, 2.05) is 0 Å². The molecular weight excluding hydrogens is 224 g/mol. The molecule has 84 valence electrons.